The van der Waals surface area contributed by atoms with E-state index in [-0.39, 0.29) is 18.0 Å². The normalized spacial score (nSPS) is 27.3. The van der Waals surface area contributed by atoms with Gasteiger partial charge in [0.25, 0.3) is 0 Å². The van der Waals surface area contributed by atoms with Crippen LogP contribution in [0.2, 0.25) is 0 Å². The Morgan fingerprint density at radius 3 is 2.67 bits per heavy atom. The SMILES string of the molecule is [2H][C@@]1(n2ccc(NO)nc2=O)O[C@H](COC(=O)[C@H](N)Cc2ccc(O)cc2)[C@@H](O)[C@H]1O. The minimum absolute atomic E-state index is 0.0706. The summed E-state index contributed by atoms with van der Waals surface area (Å²) in [7, 11) is 0. The van der Waals surface area contributed by atoms with Crippen molar-refractivity contribution in [3.05, 3.63) is 52.6 Å². The molecule has 1 saturated heterocycles. The minimum Gasteiger partial charge on any atom is -0.508 e. The fraction of sp³-hybridized carbons (Fsp3) is 0.389. The standard InChI is InChI=1S/C18H22N4O8/c19-11(7-9-1-3-10(23)4-2-9)17(26)29-8-12-14(24)15(25)16(30-12)22-6-5-13(21-28)20-18(22)27/h1-6,11-12,14-16,23-25,28H,7-8,19H2,(H,20,21,27)/t11-,12-,14-,15-,16-/m1/s1/i16D. The molecule has 0 aliphatic carbocycles. The number of aliphatic hydroxyl groups excluding tert-OH is 2. The number of anilines is 1. The Bertz CT molecular complexity index is 987. The third kappa shape index (κ3) is 4.75. The van der Waals surface area contributed by atoms with Gasteiger partial charge in [0.15, 0.2) is 12.0 Å². The lowest BCUT2D eigenvalue weighted by molar-refractivity contribution is -0.151. The summed E-state index contributed by atoms with van der Waals surface area (Å²) >= 11 is 0. The molecule has 5 atom stereocenters. The monoisotopic (exact) mass is 423 g/mol. The summed E-state index contributed by atoms with van der Waals surface area (Å²) < 4.78 is 19.3. The lowest BCUT2D eigenvalue weighted by Crippen LogP contribution is -2.39. The predicted octanol–water partition coefficient (Wildman–Crippen LogP) is -1.52. The Morgan fingerprint density at radius 2 is 2.03 bits per heavy atom. The van der Waals surface area contributed by atoms with Gasteiger partial charge in [-0.05, 0) is 30.2 Å². The molecule has 1 aromatic carbocycles. The van der Waals surface area contributed by atoms with Gasteiger partial charge in [-0.1, -0.05) is 12.1 Å². The summed E-state index contributed by atoms with van der Waals surface area (Å²) in [5.41, 5.74) is 7.14. The van der Waals surface area contributed by atoms with Crippen LogP contribution in [0.1, 0.15) is 13.1 Å². The third-order valence-corrected chi connectivity index (χ3v) is 4.47. The quantitative estimate of drug-likeness (QED) is 0.224. The second kappa shape index (κ2) is 9.19. The van der Waals surface area contributed by atoms with Crippen molar-refractivity contribution in [1.82, 2.24) is 9.55 Å². The minimum atomic E-state index is -2.44. The molecule has 30 heavy (non-hydrogen) atoms. The highest BCUT2D eigenvalue weighted by Crippen LogP contribution is 2.28. The highest BCUT2D eigenvalue weighted by molar-refractivity contribution is 5.75. The number of nitrogens with two attached hydrogens (primary N) is 1. The Hall–Kier alpha value is -3.03. The number of nitrogens with one attached hydrogen (secondary N) is 1. The van der Waals surface area contributed by atoms with Crippen LogP contribution in [0.5, 0.6) is 5.75 Å². The molecule has 0 spiro atoms. The van der Waals surface area contributed by atoms with E-state index >= 15 is 0 Å². The fourth-order valence-corrected chi connectivity index (χ4v) is 2.85. The van der Waals surface area contributed by atoms with Gasteiger partial charge in [-0.2, -0.15) is 4.98 Å². The van der Waals surface area contributed by atoms with Gasteiger partial charge in [0.2, 0.25) is 0 Å². The summed E-state index contributed by atoms with van der Waals surface area (Å²) in [5.74, 6) is -0.926. The molecule has 0 unspecified atom stereocenters. The van der Waals surface area contributed by atoms with Crippen LogP contribution in [-0.2, 0) is 20.7 Å². The molecule has 3 rings (SSSR count). The number of rotatable bonds is 7. The number of aliphatic hydroxyl groups is 2. The van der Waals surface area contributed by atoms with Crippen LogP contribution in [-0.4, -0.2) is 67.0 Å². The van der Waals surface area contributed by atoms with Gasteiger partial charge in [0, 0.05) is 6.20 Å². The van der Waals surface area contributed by atoms with E-state index < -0.39 is 48.8 Å². The van der Waals surface area contributed by atoms with Gasteiger partial charge in [-0.25, -0.2) is 4.79 Å². The molecule has 12 heteroatoms. The maximum atomic E-state index is 12.2. The van der Waals surface area contributed by atoms with Crippen molar-refractivity contribution < 1.29 is 36.2 Å². The number of ether oxygens (including phenoxy) is 2. The van der Waals surface area contributed by atoms with Gasteiger partial charge in [0.05, 0.1) is 1.37 Å². The van der Waals surface area contributed by atoms with Gasteiger partial charge < -0.3 is 30.5 Å². The Labute approximate surface area is 171 Å². The fourth-order valence-electron chi connectivity index (χ4n) is 2.85. The smallest absolute Gasteiger partial charge is 0.351 e. The number of benzene rings is 1. The number of nitrogens with zero attached hydrogens (tertiary/aromatic N) is 2. The van der Waals surface area contributed by atoms with Crippen molar-refractivity contribution in [2.24, 2.45) is 5.73 Å². The Balaban J connectivity index is 1.64. The maximum Gasteiger partial charge on any atom is 0.351 e. The first-order valence-electron chi connectivity index (χ1n) is 9.40. The number of phenols is 1. The second-order valence-electron chi connectivity index (χ2n) is 6.61. The van der Waals surface area contributed by atoms with Crippen molar-refractivity contribution in [3.63, 3.8) is 0 Å². The molecular formula is C18H22N4O8. The number of aromatic hydroxyl groups is 1. The molecule has 0 amide bonds. The largest absolute Gasteiger partial charge is 0.508 e. The van der Waals surface area contributed by atoms with Crippen LogP contribution in [0.25, 0.3) is 0 Å². The van der Waals surface area contributed by atoms with Crippen LogP contribution in [0.15, 0.2) is 41.3 Å². The molecule has 1 aromatic heterocycles. The molecular weight excluding hydrogens is 400 g/mol. The molecule has 1 fully saturated rings. The predicted molar refractivity (Wildman–Crippen MR) is 101 cm³/mol. The van der Waals surface area contributed by atoms with E-state index in [0.29, 0.717) is 10.1 Å². The van der Waals surface area contributed by atoms with Crippen molar-refractivity contribution in [1.29, 1.82) is 0 Å². The van der Waals surface area contributed by atoms with Crippen LogP contribution >= 0.6 is 0 Å². The zero-order chi connectivity index (χ0) is 22.8. The summed E-state index contributed by atoms with van der Waals surface area (Å²) in [6.45, 7) is -0.528. The second-order valence-corrected chi connectivity index (χ2v) is 6.61. The summed E-state index contributed by atoms with van der Waals surface area (Å²) in [4.78, 5) is 27.7. The van der Waals surface area contributed by atoms with Crippen LogP contribution in [0, 0.1) is 0 Å². The van der Waals surface area contributed by atoms with E-state index in [9.17, 15) is 24.9 Å². The average Bonchev–Trinajstić information content (AvgIpc) is 2.97. The Kier molecular flexibility index (Phi) is 6.21. The molecule has 0 saturated carbocycles. The highest BCUT2D eigenvalue weighted by atomic mass is 16.6. The van der Waals surface area contributed by atoms with E-state index in [2.05, 4.69) is 4.98 Å². The van der Waals surface area contributed by atoms with E-state index in [0.717, 1.165) is 12.3 Å². The summed E-state index contributed by atoms with van der Waals surface area (Å²) in [6, 6.07) is 6.20. The number of hydrogen-bond donors (Lipinski definition) is 6. The molecule has 1 aliphatic heterocycles. The number of carbonyl (C=O) groups excluding carboxylic acids is 1. The van der Waals surface area contributed by atoms with E-state index in [1.165, 1.54) is 12.1 Å². The molecule has 2 heterocycles. The number of phenolic OH excluding ortho intramolecular Hbond substituents is 1. The topological polar surface area (TPSA) is 189 Å². The van der Waals surface area contributed by atoms with Gasteiger partial charge in [-0.3, -0.25) is 20.0 Å². The lowest BCUT2D eigenvalue weighted by atomic mass is 10.1. The maximum absolute atomic E-state index is 12.2. The van der Waals surface area contributed by atoms with Gasteiger partial charge in [0.1, 0.15) is 36.7 Å². The van der Waals surface area contributed by atoms with Gasteiger partial charge >= 0.3 is 11.7 Å². The first-order chi connectivity index (χ1) is 14.7. The van der Waals surface area contributed by atoms with E-state index in [4.69, 9.17) is 21.8 Å². The summed E-state index contributed by atoms with van der Waals surface area (Å²) in [5, 5.41) is 38.6. The average molecular weight is 423 g/mol. The number of aromatic nitrogens is 2. The molecule has 1 aliphatic rings. The first-order valence-corrected chi connectivity index (χ1v) is 8.90. The highest BCUT2D eigenvalue weighted by Gasteiger charge is 2.44. The van der Waals surface area contributed by atoms with Crippen molar-refractivity contribution >= 4 is 11.8 Å². The summed E-state index contributed by atoms with van der Waals surface area (Å²) in [6.07, 6.45) is -6.11. The molecule has 12 nitrogen and oxygen atoms in total. The van der Waals surface area contributed by atoms with E-state index in [1.54, 1.807) is 17.6 Å². The van der Waals surface area contributed by atoms with Crippen LogP contribution in [0.4, 0.5) is 5.82 Å². The van der Waals surface area contributed by atoms with Crippen molar-refractivity contribution in [2.75, 3.05) is 12.1 Å². The van der Waals surface area contributed by atoms with Crippen molar-refractivity contribution in [3.8, 4) is 5.75 Å². The molecule has 2 aromatic rings. The van der Waals surface area contributed by atoms with Crippen molar-refractivity contribution in [2.45, 2.75) is 37.0 Å². The Morgan fingerprint density at radius 1 is 1.33 bits per heavy atom. The number of carbonyl (C=O) groups is 1. The number of hydrogen-bond acceptors (Lipinski definition) is 11. The molecule has 7 N–H and O–H groups in total. The third-order valence-electron chi connectivity index (χ3n) is 4.47. The van der Waals surface area contributed by atoms with E-state index in [1.807, 2.05) is 0 Å². The zero-order valence-corrected chi connectivity index (χ0v) is 15.6. The van der Waals surface area contributed by atoms with Crippen LogP contribution < -0.4 is 16.9 Å². The zero-order valence-electron chi connectivity index (χ0n) is 16.6. The molecule has 162 valence electrons. The van der Waals surface area contributed by atoms with Crippen LogP contribution in [0.3, 0.4) is 0 Å². The number of esters is 1. The molecule has 0 radical (unpaired) electrons. The first kappa shape index (κ1) is 20.3. The van der Waals surface area contributed by atoms with Gasteiger partial charge in [-0.15, -0.1) is 0 Å². The molecule has 0 bridgehead atoms. The lowest BCUT2D eigenvalue weighted by Gasteiger charge is -2.17.